The van der Waals surface area contributed by atoms with Gasteiger partial charge in [-0.15, -0.1) is 0 Å². The zero-order chi connectivity index (χ0) is 20.5. The van der Waals surface area contributed by atoms with Crippen LogP contribution in [-0.4, -0.2) is 53.9 Å². The Labute approximate surface area is 152 Å². The number of methoxy groups -OCH3 is 1. The zero-order valence-corrected chi connectivity index (χ0v) is 15.6. The second-order valence-corrected chi connectivity index (χ2v) is 6.48. The number of hydrogen-bond donors (Lipinski definition) is 4. The van der Waals surface area contributed by atoms with E-state index in [4.69, 9.17) is 27.9 Å². The Morgan fingerprint density at radius 2 is 1.58 bits per heavy atom. The number of hydrogen-bond acceptors (Lipinski definition) is 10. The van der Waals surface area contributed by atoms with Crippen molar-refractivity contribution in [3.05, 3.63) is 23.8 Å². The molecule has 0 amide bonds. The van der Waals surface area contributed by atoms with Crippen molar-refractivity contribution in [1.29, 1.82) is 0 Å². The number of carbonyl (C=O) groups is 2. The highest BCUT2D eigenvalue weighted by molar-refractivity contribution is 5.87. The van der Waals surface area contributed by atoms with Gasteiger partial charge in [-0.05, 0) is 27.2 Å². The van der Waals surface area contributed by atoms with Gasteiger partial charge in [0.05, 0.1) is 13.7 Å². The Morgan fingerprint density at radius 1 is 1.08 bits per heavy atom. The molecule has 0 saturated carbocycles. The number of rotatable bonds is 9. The number of halogens is 1. The smallest absolute Gasteiger partial charge is 0.356 e. The molecule has 150 valence electrons. The van der Waals surface area contributed by atoms with Crippen LogP contribution in [0, 0.1) is 0 Å². The van der Waals surface area contributed by atoms with Gasteiger partial charge < -0.3 is 31.0 Å². The number of carbonyl (C=O) groups excluding carboxylic acids is 2. The molecule has 10 nitrogen and oxygen atoms in total. The van der Waals surface area contributed by atoms with Crippen LogP contribution in [0.25, 0.3) is 0 Å². The van der Waals surface area contributed by atoms with E-state index in [1.54, 1.807) is 20.8 Å². The van der Waals surface area contributed by atoms with Crippen molar-refractivity contribution in [1.82, 2.24) is 10.0 Å². The lowest BCUT2D eigenvalue weighted by Crippen LogP contribution is -2.37. The van der Waals surface area contributed by atoms with Crippen LogP contribution in [0.2, 0.25) is 0 Å². The third-order valence-corrected chi connectivity index (χ3v) is 2.77. The first-order valence-electron chi connectivity index (χ1n) is 7.78. The molecule has 0 aliphatic rings. The predicted octanol–water partition coefficient (Wildman–Crippen LogP) is -0.819. The maximum Gasteiger partial charge on any atom is 0.356 e. The minimum atomic E-state index is -1.37. The molecule has 0 aliphatic heterocycles. The fourth-order valence-electron chi connectivity index (χ4n) is 1.64. The molecule has 26 heavy (non-hydrogen) atoms. The van der Waals surface area contributed by atoms with Crippen molar-refractivity contribution < 1.29 is 23.5 Å². The van der Waals surface area contributed by atoms with Gasteiger partial charge in [-0.25, -0.2) is 25.7 Å². The Morgan fingerprint density at radius 3 is 2.08 bits per heavy atom. The normalized spacial score (nSPS) is 13.8. The maximum atomic E-state index is 14.0. The van der Waals surface area contributed by atoms with E-state index in [1.807, 2.05) is 0 Å². The third kappa shape index (κ3) is 10.4. The number of nitrogens with zero attached hydrogens (tertiary/aromatic N) is 2. The number of hydrazine groups is 2. The zero-order valence-electron chi connectivity index (χ0n) is 15.6. The van der Waals surface area contributed by atoms with Gasteiger partial charge in [0, 0.05) is 18.9 Å². The second kappa shape index (κ2) is 10.5. The maximum absolute atomic E-state index is 14.0. The summed E-state index contributed by atoms with van der Waals surface area (Å²) in [5, 5.41) is 2.01. The van der Waals surface area contributed by atoms with E-state index in [0.717, 1.165) is 22.4 Å². The van der Waals surface area contributed by atoms with Gasteiger partial charge in [-0.1, -0.05) is 0 Å². The lowest BCUT2D eigenvalue weighted by molar-refractivity contribution is -0.150. The quantitative estimate of drug-likeness (QED) is 0.173. The van der Waals surface area contributed by atoms with Gasteiger partial charge >= 0.3 is 11.9 Å². The molecule has 0 saturated heterocycles. The van der Waals surface area contributed by atoms with E-state index in [2.05, 4.69) is 4.74 Å². The molecule has 8 N–H and O–H groups in total. The van der Waals surface area contributed by atoms with E-state index in [-0.39, 0.29) is 30.9 Å². The van der Waals surface area contributed by atoms with E-state index in [1.165, 1.54) is 7.11 Å². The fraction of sp³-hybridized carbons (Fsp3) is 0.600. The number of nitrogens with two attached hydrogens (primary N) is 4. The molecule has 0 fully saturated rings. The summed E-state index contributed by atoms with van der Waals surface area (Å²) < 4.78 is 23.4. The van der Waals surface area contributed by atoms with Crippen LogP contribution >= 0.6 is 0 Å². The molecule has 0 aromatic carbocycles. The molecule has 1 unspecified atom stereocenters. The summed E-state index contributed by atoms with van der Waals surface area (Å²) >= 11 is 0. The topological polar surface area (TPSA) is 163 Å². The summed E-state index contributed by atoms with van der Waals surface area (Å²) in [6, 6.07) is 0. The minimum absolute atomic E-state index is 0.00463. The Bertz CT molecular complexity index is 547. The summed E-state index contributed by atoms with van der Waals surface area (Å²) in [6.07, 6.45) is 0.853. The number of esters is 2. The largest absolute Gasteiger partial charge is 0.464 e. The lowest BCUT2D eigenvalue weighted by atomic mass is 10.2. The first-order valence-corrected chi connectivity index (χ1v) is 7.78. The molecular weight excluding hydrogens is 347 g/mol. The van der Waals surface area contributed by atoms with Crippen molar-refractivity contribution in [2.75, 3.05) is 20.2 Å². The van der Waals surface area contributed by atoms with Crippen LogP contribution in [0.3, 0.4) is 0 Å². The molecule has 0 spiro atoms. The van der Waals surface area contributed by atoms with Crippen LogP contribution in [0.15, 0.2) is 23.8 Å². The van der Waals surface area contributed by atoms with Crippen LogP contribution in [0.4, 0.5) is 4.39 Å². The van der Waals surface area contributed by atoms with Gasteiger partial charge in [-0.3, -0.25) is 0 Å². The molecule has 0 radical (unpaired) electrons. The van der Waals surface area contributed by atoms with Crippen molar-refractivity contribution in [3.63, 3.8) is 0 Å². The van der Waals surface area contributed by atoms with Crippen LogP contribution < -0.4 is 23.2 Å². The number of alkyl halides is 1. The standard InChI is InChI=1S/C15H29FN6O4/c1-15(2,3)26-14(24)12(18)9-22(20)7-10(16)5-6-21(19)8-11(17)13(23)25-4/h8-10H,5-7,17-20H2,1-4H3/b11-8-,12-9-. The highest BCUT2D eigenvalue weighted by Crippen LogP contribution is 2.09. The fourth-order valence-corrected chi connectivity index (χ4v) is 1.64. The molecule has 1 atom stereocenters. The lowest BCUT2D eigenvalue weighted by Gasteiger charge is -2.22. The van der Waals surface area contributed by atoms with Crippen molar-refractivity contribution >= 4 is 11.9 Å². The summed E-state index contributed by atoms with van der Waals surface area (Å²) in [5.74, 6) is 9.71. The summed E-state index contributed by atoms with van der Waals surface area (Å²) in [5.41, 5.74) is 9.83. The molecule has 11 heteroatoms. The molecule has 0 rings (SSSR count). The third-order valence-electron chi connectivity index (χ3n) is 2.77. The van der Waals surface area contributed by atoms with Gasteiger partial charge in [-0.2, -0.15) is 0 Å². The van der Waals surface area contributed by atoms with Crippen LogP contribution in [-0.2, 0) is 19.1 Å². The first kappa shape index (κ1) is 23.5. The molecule has 0 heterocycles. The Hall–Kier alpha value is -2.53. The van der Waals surface area contributed by atoms with E-state index >= 15 is 0 Å². The van der Waals surface area contributed by atoms with E-state index < -0.39 is 23.7 Å². The highest BCUT2D eigenvalue weighted by Gasteiger charge is 2.19. The molecular formula is C15H29FN6O4. The van der Waals surface area contributed by atoms with Gasteiger partial charge in [0.15, 0.2) is 0 Å². The number of ether oxygens (including phenoxy) is 2. The molecule has 0 bridgehead atoms. The second-order valence-electron chi connectivity index (χ2n) is 6.48. The summed E-state index contributed by atoms with van der Waals surface area (Å²) in [6.45, 7) is 4.91. The average Bonchev–Trinajstić information content (AvgIpc) is 2.50. The van der Waals surface area contributed by atoms with Gasteiger partial charge in [0.25, 0.3) is 0 Å². The van der Waals surface area contributed by atoms with E-state index in [9.17, 15) is 14.0 Å². The van der Waals surface area contributed by atoms with Gasteiger partial charge in [0.1, 0.15) is 23.2 Å². The summed E-state index contributed by atoms with van der Waals surface area (Å²) in [7, 11) is 1.17. The predicted molar refractivity (Wildman–Crippen MR) is 93.7 cm³/mol. The van der Waals surface area contributed by atoms with Crippen LogP contribution in [0.1, 0.15) is 27.2 Å². The van der Waals surface area contributed by atoms with Crippen LogP contribution in [0.5, 0.6) is 0 Å². The van der Waals surface area contributed by atoms with Crippen molar-refractivity contribution in [2.45, 2.75) is 39.0 Å². The highest BCUT2D eigenvalue weighted by atomic mass is 19.1. The monoisotopic (exact) mass is 376 g/mol. The SMILES string of the molecule is COC(=O)/C(N)=C/N(N)CCC(F)CN(N)/C=C(\N)C(=O)OC(C)(C)C. The Kier molecular flexibility index (Phi) is 9.44. The summed E-state index contributed by atoms with van der Waals surface area (Å²) in [4.78, 5) is 22.8. The molecule has 0 aliphatic carbocycles. The van der Waals surface area contributed by atoms with Crippen molar-refractivity contribution in [3.8, 4) is 0 Å². The van der Waals surface area contributed by atoms with E-state index in [0.29, 0.717) is 0 Å². The minimum Gasteiger partial charge on any atom is -0.464 e. The molecule has 0 aromatic rings. The Balaban J connectivity index is 4.46. The van der Waals surface area contributed by atoms with Crippen molar-refractivity contribution in [2.24, 2.45) is 23.2 Å². The first-order chi connectivity index (χ1) is 11.9. The van der Waals surface area contributed by atoms with Gasteiger partial charge in [0.2, 0.25) is 0 Å². The molecule has 0 aromatic heterocycles. The average molecular weight is 376 g/mol.